The van der Waals surface area contributed by atoms with Crippen LogP contribution >= 0.6 is 23.2 Å². The number of carbonyl (C=O) groups is 2. The van der Waals surface area contributed by atoms with Gasteiger partial charge in [0.1, 0.15) is 46.7 Å². The molecule has 4 aromatic rings. The number of allylic oxidation sites excluding steroid dienone is 2. The minimum absolute atomic E-state index is 0. The highest BCUT2D eigenvalue weighted by Crippen LogP contribution is 2.38. The molecule has 2 N–H and O–H groups in total. The molecule has 0 saturated heterocycles. The molecule has 0 bridgehead atoms. The van der Waals surface area contributed by atoms with E-state index in [0.717, 1.165) is 24.5 Å². The smallest absolute Gasteiger partial charge is 0.338 e. The molecule has 0 radical (unpaired) electrons. The first kappa shape index (κ1) is 43.0. The van der Waals surface area contributed by atoms with Gasteiger partial charge in [-0.1, -0.05) is 42.8 Å². The molecule has 2 aliphatic heterocycles. The predicted molar refractivity (Wildman–Crippen MR) is 197 cm³/mol. The maximum absolute atomic E-state index is 14.2. The number of amidine groups is 2. The Balaban J connectivity index is 0.000000244. The van der Waals surface area contributed by atoms with Gasteiger partial charge in [-0.05, 0) is 45.0 Å². The summed E-state index contributed by atoms with van der Waals surface area (Å²) in [7, 11) is 1.20. The monoisotopic (exact) mass is 820 g/mol. The number of pyridine rings is 2. The Morgan fingerprint density at radius 1 is 0.679 bits per heavy atom. The van der Waals surface area contributed by atoms with Crippen LogP contribution in [0.15, 0.2) is 93.4 Å². The molecule has 2 aromatic carbocycles. The van der Waals surface area contributed by atoms with Crippen LogP contribution in [0.5, 0.6) is 0 Å². The second-order valence-corrected chi connectivity index (χ2v) is 12.4. The van der Waals surface area contributed by atoms with E-state index in [1.165, 1.54) is 31.4 Å². The number of halogens is 8. The summed E-state index contributed by atoms with van der Waals surface area (Å²) in [6.07, 6.45) is 1.69. The lowest BCUT2D eigenvalue weighted by Crippen LogP contribution is -2.34. The van der Waals surface area contributed by atoms with Crippen molar-refractivity contribution in [3.63, 3.8) is 0 Å². The van der Waals surface area contributed by atoms with Gasteiger partial charge in [-0.15, -0.1) is 0 Å². The van der Waals surface area contributed by atoms with Crippen molar-refractivity contribution < 1.29 is 45.4 Å². The summed E-state index contributed by atoms with van der Waals surface area (Å²) in [6, 6.07) is 6.62. The standard InChI is InChI=1S/C19H15ClF3N3O2.C18H13ClF3N3O2.CH4/c1-3-28-19(27)15-9(2)25-18(17-14(23)7-11(22)8-24-17)26-16(15)12-5-4-10(21)6-13(12)20;1-8-14(18(26)27-2)15(11-4-3-9(20)5-12(11)19)25-17(24-8)16-13(22)6-10(21)7-23-16;/h4-8,16H,3H2,1-2H3,(H,25,26);3-7,15H,1-2H3,(H,24,25);1H4/t16-;15-;/m00./s1. The van der Waals surface area contributed by atoms with E-state index >= 15 is 0 Å². The number of benzene rings is 2. The summed E-state index contributed by atoms with van der Waals surface area (Å²) in [5.74, 6) is -6.03. The lowest BCUT2D eigenvalue weighted by molar-refractivity contribution is -0.139. The van der Waals surface area contributed by atoms with Gasteiger partial charge in [0.05, 0.1) is 37.3 Å². The molecule has 0 aliphatic carbocycles. The largest absolute Gasteiger partial charge is 0.466 e. The van der Waals surface area contributed by atoms with Crippen molar-refractivity contribution in [2.45, 2.75) is 40.3 Å². The highest BCUT2D eigenvalue weighted by molar-refractivity contribution is 6.32. The SMILES string of the molecule is C.CCOC(=O)C1=C(C)NC(c2ncc(F)cc2F)=N[C@H]1c1ccc(F)cc1Cl.COC(=O)C1=C(C)NC(c2ncc(F)cc2F)=N[C@H]1c1ccc(F)cc1Cl. The van der Waals surface area contributed by atoms with Gasteiger partial charge in [0.2, 0.25) is 0 Å². The average Bonchev–Trinajstić information content (AvgIpc) is 3.11. The molecule has 10 nitrogen and oxygen atoms in total. The molecule has 2 aliphatic rings. The van der Waals surface area contributed by atoms with Crippen LogP contribution in [0.25, 0.3) is 0 Å². The third kappa shape index (κ3) is 9.37. The van der Waals surface area contributed by atoms with E-state index in [4.69, 9.17) is 32.7 Å². The van der Waals surface area contributed by atoms with Crippen molar-refractivity contribution in [2.24, 2.45) is 9.98 Å². The summed E-state index contributed by atoms with van der Waals surface area (Å²) in [5.41, 5.74) is 1.10. The van der Waals surface area contributed by atoms with Crippen LogP contribution in [-0.4, -0.2) is 47.3 Å². The number of methoxy groups -OCH3 is 1. The van der Waals surface area contributed by atoms with E-state index in [9.17, 15) is 35.9 Å². The highest BCUT2D eigenvalue weighted by atomic mass is 35.5. The Bertz CT molecular complexity index is 2320. The number of nitrogens with zero attached hydrogens (tertiary/aromatic N) is 4. The quantitative estimate of drug-likeness (QED) is 0.141. The molecule has 294 valence electrons. The summed E-state index contributed by atoms with van der Waals surface area (Å²) >= 11 is 12.3. The van der Waals surface area contributed by atoms with Crippen molar-refractivity contribution in [2.75, 3.05) is 13.7 Å². The van der Waals surface area contributed by atoms with Crippen molar-refractivity contribution in [1.82, 2.24) is 20.6 Å². The fraction of sp³-hybridized carbons (Fsp3) is 0.211. The number of aliphatic imine (C=N–C) groups is 2. The normalized spacial score (nSPS) is 16.3. The maximum Gasteiger partial charge on any atom is 0.338 e. The van der Waals surface area contributed by atoms with Crippen LogP contribution in [-0.2, 0) is 19.1 Å². The number of nitrogens with one attached hydrogen (secondary N) is 2. The van der Waals surface area contributed by atoms with Gasteiger partial charge in [0, 0.05) is 44.7 Å². The molecule has 0 saturated carbocycles. The molecule has 0 fully saturated rings. The first-order valence-electron chi connectivity index (χ1n) is 16.0. The van der Waals surface area contributed by atoms with Gasteiger partial charge in [0.25, 0.3) is 0 Å². The van der Waals surface area contributed by atoms with Gasteiger partial charge in [0.15, 0.2) is 23.3 Å². The second-order valence-electron chi connectivity index (χ2n) is 11.6. The Morgan fingerprint density at radius 3 is 1.45 bits per heavy atom. The molecule has 4 heterocycles. The molecule has 0 spiro atoms. The van der Waals surface area contributed by atoms with E-state index < -0.39 is 58.9 Å². The molecular formula is C38H32Cl2F6N6O4. The van der Waals surface area contributed by atoms with Crippen LogP contribution in [0.3, 0.4) is 0 Å². The first-order valence-corrected chi connectivity index (χ1v) is 16.8. The van der Waals surface area contributed by atoms with Gasteiger partial charge in [-0.25, -0.2) is 45.9 Å². The third-order valence-corrected chi connectivity index (χ3v) is 8.62. The molecule has 2 aromatic heterocycles. The number of ether oxygens (including phenoxy) is 2. The predicted octanol–water partition coefficient (Wildman–Crippen LogP) is 8.41. The molecule has 0 amide bonds. The number of esters is 2. The lowest BCUT2D eigenvalue weighted by Gasteiger charge is -2.26. The van der Waals surface area contributed by atoms with Crippen molar-refractivity contribution >= 4 is 46.8 Å². The van der Waals surface area contributed by atoms with E-state index in [-0.39, 0.29) is 58.3 Å². The fourth-order valence-electron chi connectivity index (χ4n) is 5.52. The maximum atomic E-state index is 14.2. The van der Waals surface area contributed by atoms with Crippen LogP contribution in [0.2, 0.25) is 10.0 Å². The highest BCUT2D eigenvalue weighted by Gasteiger charge is 2.34. The molecule has 2 atom stereocenters. The van der Waals surface area contributed by atoms with Gasteiger partial charge < -0.3 is 20.1 Å². The molecule has 18 heteroatoms. The van der Waals surface area contributed by atoms with Gasteiger partial charge in [-0.2, -0.15) is 0 Å². The first-order chi connectivity index (χ1) is 26.1. The van der Waals surface area contributed by atoms with Gasteiger partial charge in [-0.3, -0.25) is 9.98 Å². The second kappa shape index (κ2) is 18.3. The summed E-state index contributed by atoms with van der Waals surface area (Å²) in [4.78, 5) is 40.8. The van der Waals surface area contributed by atoms with E-state index in [2.05, 4.69) is 30.6 Å². The van der Waals surface area contributed by atoms with E-state index in [1.54, 1.807) is 20.8 Å². The molecule has 56 heavy (non-hydrogen) atoms. The zero-order valence-corrected chi connectivity index (χ0v) is 30.6. The lowest BCUT2D eigenvalue weighted by atomic mass is 9.95. The summed E-state index contributed by atoms with van der Waals surface area (Å²) < 4.78 is 91.4. The van der Waals surface area contributed by atoms with Crippen molar-refractivity contribution in [3.8, 4) is 0 Å². The van der Waals surface area contributed by atoms with E-state index in [1.807, 2.05) is 0 Å². The van der Waals surface area contributed by atoms with Crippen LogP contribution in [0.4, 0.5) is 26.3 Å². The number of rotatable bonds is 7. The third-order valence-electron chi connectivity index (χ3n) is 7.96. The zero-order chi connectivity index (χ0) is 40.1. The molecule has 6 rings (SSSR count). The van der Waals surface area contributed by atoms with Crippen molar-refractivity contribution in [1.29, 1.82) is 0 Å². The topological polar surface area (TPSA) is 127 Å². The summed E-state index contributed by atoms with van der Waals surface area (Å²) in [6.45, 7) is 4.92. The Kier molecular flexibility index (Phi) is 14.0. The zero-order valence-electron chi connectivity index (χ0n) is 29.1. The Labute approximate surface area is 327 Å². The van der Waals surface area contributed by atoms with Crippen LogP contribution in [0.1, 0.15) is 62.8 Å². The minimum atomic E-state index is -0.993. The van der Waals surface area contributed by atoms with Crippen molar-refractivity contribution in [3.05, 3.63) is 151 Å². The Hall–Kier alpha value is -5.74. The van der Waals surface area contributed by atoms with Crippen LogP contribution in [0, 0.1) is 34.9 Å². The molecular weight excluding hydrogens is 789 g/mol. The Morgan fingerprint density at radius 2 is 1.09 bits per heavy atom. The fourth-order valence-corrected chi connectivity index (χ4v) is 6.06. The molecule has 0 unspecified atom stereocenters. The summed E-state index contributed by atoms with van der Waals surface area (Å²) in [5, 5.41) is 5.65. The van der Waals surface area contributed by atoms with E-state index in [0.29, 0.717) is 34.7 Å². The van der Waals surface area contributed by atoms with Gasteiger partial charge >= 0.3 is 11.9 Å². The number of hydrogen-bond donors (Lipinski definition) is 2. The number of hydrogen-bond acceptors (Lipinski definition) is 10. The minimum Gasteiger partial charge on any atom is -0.466 e. The average molecular weight is 822 g/mol. The van der Waals surface area contributed by atoms with Crippen LogP contribution < -0.4 is 10.6 Å². The number of aromatic nitrogens is 2. The number of carbonyl (C=O) groups excluding carboxylic acids is 2.